The quantitative estimate of drug-likeness (QED) is 0.446. The molecule has 0 amide bonds. The second-order valence-corrected chi connectivity index (χ2v) is 9.28. The van der Waals surface area contributed by atoms with E-state index in [4.69, 9.17) is 10.7 Å². The van der Waals surface area contributed by atoms with Gasteiger partial charge in [0.15, 0.2) is 11.2 Å². The van der Waals surface area contributed by atoms with Crippen LogP contribution in [0.4, 0.5) is 5.95 Å². The SMILES string of the molecule is C/C=C/Cn1c(N2CCC[C@@H](N)C2)nc2c1c(=O)n(Cc1nc(C)cc3ccccc13)c(=O)n2C. The Labute approximate surface area is 203 Å². The van der Waals surface area contributed by atoms with E-state index >= 15 is 0 Å². The minimum Gasteiger partial charge on any atom is -0.341 e. The van der Waals surface area contributed by atoms with Gasteiger partial charge in [-0.2, -0.15) is 4.98 Å². The number of fused-ring (bicyclic) bond motifs is 2. The third kappa shape index (κ3) is 4.05. The molecule has 1 aromatic carbocycles. The van der Waals surface area contributed by atoms with Crippen LogP contribution >= 0.6 is 0 Å². The van der Waals surface area contributed by atoms with Crippen LogP contribution in [0.5, 0.6) is 0 Å². The third-order valence-electron chi connectivity index (χ3n) is 6.73. The second-order valence-electron chi connectivity index (χ2n) is 9.28. The fourth-order valence-electron chi connectivity index (χ4n) is 5.00. The summed E-state index contributed by atoms with van der Waals surface area (Å²) in [5.74, 6) is 0.678. The van der Waals surface area contributed by atoms with E-state index in [-0.39, 0.29) is 18.1 Å². The van der Waals surface area contributed by atoms with Crippen LogP contribution in [0, 0.1) is 6.92 Å². The lowest BCUT2D eigenvalue weighted by Gasteiger charge is -2.31. The molecule has 35 heavy (non-hydrogen) atoms. The zero-order valence-corrected chi connectivity index (χ0v) is 20.4. The summed E-state index contributed by atoms with van der Waals surface area (Å²) in [6.07, 6.45) is 5.86. The molecule has 0 saturated carbocycles. The highest BCUT2D eigenvalue weighted by Gasteiger charge is 2.26. The van der Waals surface area contributed by atoms with Crippen molar-refractivity contribution in [3.05, 3.63) is 74.7 Å². The van der Waals surface area contributed by atoms with Crippen LogP contribution in [-0.4, -0.2) is 42.8 Å². The molecule has 1 fully saturated rings. The Kier molecular flexibility index (Phi) is 6.02. The maximum Gasteiger partial charge on any atom is 0.332 e. The molecular formula is C26H31N7O2. The predicted molar refractivity (Wildman–Crippen MR) is 139 cm³/mol. The van der Waals surface area contributed by atoms with E-state index in [1.807, 2.05) is 60.9 Å². The highest BCUT2D eigenvalue weighted by molar-refractivity contribution is 5.85. The molecule has 0 bridgehead atoms. The minimum atomic E-state index is -0.410. The maximum absolute atomic E-state index is 13.9. The molecule has 3 aromatic heterocycles. The molecule has 1 atom stereocenters. The molecule has 4 aromatic rings. The van der Waals surface area contributed by atoms with Crippen molar-refractivity contribution in [1.29, 1.82) is 0 Å². The number of hydrogen-bond donors (Lipinski definition) is 1. The van der Waals surface area contributed by atoms with Crippen LogP contribution in [0.25, 0.3) is 21.9 Å². The number of allylic oxidation sites excluding steroid dienone is 2. The van der Waals surface area contributed by atoms with Crippen molar-refractivity contribution in [3.63, 3.8) is 0 Å². The van der Waals surface area contributed by atoms with Crippen molar-refractivity contribution in [1.82, 2.24) is 23.7 Å². The number of benzene rings is 1. The molecule has 1 aliphatic rings. The van der Waals surface area contributed by atoms with Gasteiger partial charge in [-0.05, 0) is 38.1 Å². The summed E-state index contributed by atoms with van der Waals surface area (Å²) in [7, 11) is 1.67. The zero-order valence-electron chi connectivity index (χ0n) is 20.4. The second kappa shape index (κ2) is 9.14. The summed E-state index contributed by atoms with van der Waals surface area (Å²) in [6, 6.07) is 9.95. The lowest BCUT2D eigenvalue weighted by molar-refractivity contribution is 0.495. The Morgan fingerprint density at radius 2 is 1.97 bits per heavy atom. The van der Waals surface area contributed by atoms with Crippen molar-refractivity contribution in [3.8, 4) is 0 Å². The van der Waals surface area contributed by atoms with Crippen molar-refractivity contribution >= 4 is 27.9 Å². The van der Waals surface area contributed by atoms with Crippen LogP contribution in [0.15, 0.2) is 52.1 Å². The first-order valence-electron chi connectivity index (χ1n) is 12.1. The summed E-state index contributed by atoms with van der Waals surface area (Å²) in [5.41, 5.74) is 7.80. The Hall–Kier alpha value is -3.72. The molecule has 2 N–H and O–H groups in total. The fraction of sp³-hybridized carbons (Fsp3) is 0.385. The topological polar surface area (TPSA) is 104 Å². The van der Waals surface area contributed by atoms with Crippen LogP contribution < -0.4 is 21.9 Å². The average Bonchev–Trinajstić information content (AvgIpc) is 3.23. The Morgan fingerprint density at radius 3 is 2.74 bits per heavy atom. The summed E-state index contributed by atoms with van der Waals surface area (Å²) in [4.78, 5) is 38.9. The van der Waals surface area contributed by atoms with Gasteiger partial charge in [0.1, 0.15) is 0 Å². The highest BCUT2D eigenvalue weighted by atomic mass is 16.2. The minimum absolute atomic E-state index is 0.0554. The number of hydrogen-bond acceptors (Lipinski definition) is 6. The van der Waals surface area contributed by atoms with Crippen LogP contribution in [0.3, 0.4) is 0 Å². The molecule has 0 spiro atoms. The normalized spacial score (nSPS) is 16.7. The van der Waals surface area contributed by atoms with E-state index in [2.05, 4.69) is 9.88 Å². The number of piperidine rings is 1. The first-order valence-corrected chi connectivity index (χ1v) is 12.1. The van der Waals surface area contributed by atoms with Gasteiger partial charge in [0.2, 0.25) is 5.95 Å². The van der Waals surface area contributed by atoms with Crippen molar-refractivity contribution in [2.45, 2.75) is 45.8 Å². The summed E-state index contributed by atoms with van der Waals surface area (Å²) >= 11 is 0. The largest absolute Gasteiger partial charge is 0.341 e. The molecule has 1 aliphatic heterocycles. The predicted octanol–water partition coefficient (Wildman–Crippen LogP) is 2.31. The molecule has 0 unspecified atom stereocenters. The van der Waals surface area contributed by atoms with Gasteiger partial charge in [0.05, 0.1) is 12.2 Å². The molecule has 9 nitrogen and oxygen atoms in total. The standard InChI is InChI=1S/C26H31N7O2/c1-4-5-13-32-22-23(29-25(32)31-12-8-10-19(27)15-31)30(3)26(35)33(24(22)34)16-21-20-11-7-6-9-18(20)14-17(2)28-21/h4-7,9,11,14,19H,8,10,12-13,15-16,27H2,1-3H3/b5-4+/t19-/m1/s1. The third-order valence-corrected chi connectivity index (χ3v) is 6.73. The van der Waals surface area contributed by atoms with E-state index in [1.54, 1.807) is 7.05 Å². The van der Waals surface area contributed by atoms with Gasteiger partial charge in [-0.1, -0.05) is 36.4 Å². The first kappa shape index (κ1) is 23.0. The van der Waals surface area contributed by atoms with Crippen molar-refractivity contribution < 1.29 is 0 Å². The number of aryl methyl sites for hydroxylation is 2. The van der Waals surface area contributed by atoms with E-state index in [0.29, 0.717) is 35.9 Å². The number of aromatic nitrogens is 5. The van der Waals surface area contributed by atoms with E-state index < -0.39 is 5.69 Å². The Bertz CT molecular complexity index is 1560. The van der Waals surface area contributed by atoms with Crippen molar-refractivity contribution in [2.75, 3.05) is 18.0 Å². The van der Waals surface area contributed by atoms with E-state index in [1.165, 1.54) is 9.13 Å². The number of nitrogens with two attached hydrogens (primary N) is 1. The fourth-order valence-corrected chi connectivity index (χ4v) is 5.00. The summed E-state index contributed by atoms with van der Waals surface area (Å²) in [5, 5.41) is 1.96. The zero-order chi connectivity index (χ0) is 24.7. The molecule has 0 aliphatic carbocycles. The van der Waals surface area contributed by atoms with E-state index in [9.17, 15) is 9.59 Å². The van der Waals surface area contributed by atoms with Gasteiger partial charge in [-0.3, -0.25) is 18.9 Å². The number of anilines is 1. The molecule has 182 valence electrons. The summed E-state index contributed by atoms with van der Waals surface area (Å²) < 4.78 is 4.65. The molecule has 5 rings (SSSR count). The van der Waals surface area contributed by atoms with Gasteiger partial charge in [0, 0.05) is 43.8 Å². The first-order chi connectivity index (χ1) is 16.9. The molecule has 4 heterocycles. The van der Waals surface area contributed by atoms with Gasteiger partial charge in [-0.25, -0.2) is 4.79 Å². The van der Waals surface area contributed by atoms with Crippen molar-refractivity contribution in [2.24, 2.45) is 12.8 Å². The van der Waals surface area contributed by atoms with Gasteiger partial charge in [0.25, 0.3) is 5.56 Å². The van der Waals surface area contributed by atoms with Gasteiger partial charge >= 0.3 is 5.69 Å². The molecule has 0 radical (unpaired) electrons. The smallest absolute Gasteiger partial charge is 0.332 e. The average molecular weight is 474 g/mol. The van der Waals surface area contributed by atoms with Crippen LogP contribution in [-0.2, 0) is 20.1 Å². The lowest BCUT2D eigenvalue weighted by atomic mass is 10.1. The van der Waals surface area contributed by atoms with E-state index in [0.717, 1.165) is 35.9 Å². The number of rotatable bonds is 5. The van der Waals surface area contributed by atoms with Gasteiger partial charge in [-0.15, -0.1) is 0 Å². The Balaban J connectivity index is 1.72. The maximum atomic E-state index is 13.9. The van der Waals surface area contributed by atoms with Crippen LogP contribution in [0.1, 0.15) is 31.2 Å². The number of imidazole rings is 1. The Morgan fingerprint density at radius 1 is 1.17 bits per heavy atom. The van der Waals surface area contributed by atoms with Gasteiger partial charge < -0.3 is 15.2 Å². The molecular weight excluding hydrogens is 442 g/mol. The molecule has 9 heteroatoms. The highest BCUT2D eigenvalue weighted by Crippen LogP contribution is 2.24. The molecule has 1 saturated heterocycles. The lowest BCUT2D eigenvalue weighted by Crippen LogP contribution is -2.44. The number of pyridine rings is 1. The number of nitrogens with zero attached hydrogens (tertiary/aromatic N) is 6. The monoisotopic (exact) mass is 473 g/mol. The van der Waals surface area contributed by atoms with Crippen LogP contribution in [0.2, 0.25) is 0 Å². The summed E-state index contributed by atoms with van der Waals surface area (Å²) in [6.45, 7) is 5.91.